The molecule has 1 unspecified atom stereocenters. The van der Waals surface area contributed by atoms with E-state index in [2.05, 4.69) is 15.9 Å². The number of ether oxygens (including phenoxy) is 1. The first-order valence-corrected chi connectivity index (χ1v) is 4.73. The molecule has 1 aliphatic carbocycles. The first-order chi connectivity index (χ1) is 6.08. The predicted octanol–water partition coefficient (Wildman–Crippen LogP) is 2.23. The maximum absolute atomic E-state index is 10.6. The summed E-state index contributed by atoms with van der Waals surface area (Å²) in [5.74, 6) is 0.694. The van der Waals surface area contributed by atoms with Gasteiger partial charge in [-0.25, -0.2) is 0 Å². The Labute approximate surface area is 84.5 Å². The van der Waals surface area contributed by atoms with Crippen molar-refractivity contribution in [2.24, 2.45) is 0 Å². The average molecular weight is 248 g/mol. The van der Waals surface area contributed by atoms with Crippen molar-refractivity contribution in [3.8, 4) is 0 Å². The molecule has 0 aromatic heterocycles. The molecule has 0 aromatic rings. The third-order valence-corrected chi connectivity index (χ3v) is 2.58. The summed E-state index contributed by atoms with van der Waals surface area (Å²) < 4.78 is 4.04. The summed E-state index contributed by atoms with van der Waals surface area (Å²) in [5.41, 5.74) is 0. The van der Waals surface area contributed by atoms with E-state index in [-0.39, 0.29) is 4.92 Å². The highest BCUT2D eigenvalue weighted by molar-refractivity contribution is 9.10. The molecular formula is C8H10BrNO3. The molecule has 1 rings (SSSR count). The van der Waals surface area contributed by atoms with Crippen molar-refractivity contribution in [3.05, 3.63) is 34.1 Å². The van der Waals surface area contributed by atoms with Crippen molar-refractivity contribution in [2.75, 3.05) is 6.61 Å². The fourth-order valence-electron chi connectivity index (χ4n) is 0.999. The lowest BCUT2D eigenvalue weighted by Crippen LogP contribution is -2.29. The zero-order valence-electron chi connectivity index (χ0n) is 7.20. The van der Waals surface area contributed by atoms with Gasteiger partial charge in [-0.1, -0.05) is 0 Å². The van der Waals surface area contributed by atoms with Gasteiger partial charge in [-0.05, 0) is 19.1 Å². The van der Waals surface area contributed by atoms with Crippen LogP contribution in [0.15, 0.2) is 24.0 Å². The van der Waals surface area contributed by atoms with E-state index >= 15 is 0 Å². The molecule has 0 fully saturated rings. The van der Waals surface area contributed by atoms with Gasteiger partial charge in [0.25, 0.3) is 4.45 Å². The molecule has 0 saturated heterocycles. The van der Waals surface area contributed by atoms with Crippen molar-refractivity contribution in [2.45, 2.75) is 17.8 Å². The minimum absolute atomic E-state index is 0.311. The Hall–Kier alpha value is -0.840. The van der Waals surface area contributed by atoms with Crippen molar-refractivity contribution in [1.82, 2.24) is 0 Å². The normalized spacial score (nSPS) is 26.8. The molecule has 0 heterocycles. The van der Waals surface area contributed by atoms with Crippen LogP contribution in [0.5, 0.6) is 0 Å². The van der Waals surface area contributed by atoms with Crippen LogP contribution in [0.3, 0.4) is 0 Å². The Balaban J connectivity index is 2.67. The lowest BCUT2D eigenvalue weighted by molar-refractivity contribution is -0.521. The second-order valence-corrected chi connectivity index (χ2v) is 4.03. The minimum Gasteiger partial charge on any atom is -0.494 e. The van der Waals surface area contributed by atoms with E-state index in [0.717, 1.165) is 0 Å². The molecular weight excluding hydrogens is 238 g/mol. The van der Waals surface area contributed by atoms with Crippen molar-refractivity contribution < 1.29 is 9.66 Å². The summed E-state index contributed by atoms with van der Waals surface area (Å²) in [6, 6.07) is 0. The first kappa shape index (κ1) is 10.2. The average Bonchev–Trinajstić information content (AvgIpc) is 2.09. The Kier molecular flexibility index (Phi) is 3.08. The maximum Gasteiger partial charge on any atom is 0.296 e. The number of hydrogen-bond acceptors (Lipinski definition) is 3. The van der Waals surface area contributed by atoms with Crippen LogP contribution in [0.2, 0.25) is 0 Å². The molecule has 72 valence electrons. The number of nitrogens with zero attached hydrogens (tertiary/aromatic N) is 1. The van der Waals surface area contributed by atoms with Crippen molar-refractivity contribution >= 4 is 15.9 Å². The number of nitro groups is 1. The summed E-state index contributed by atoms with van der Waals surface area (Å²) in [7, 11) is 0. The molecule has 0 N–H and O–H groups in total. The molecule has 5 heteroatoms. The summed E-state index contributed by atoms with van der Waals surface area (Å²) in [5, 5.41) is 10.6. The van der Waals surface area contributed by atoms with Gasteiger partial charge in [-0.3, -0.25) is 10.1 Å². The summed E-state index contributed by atoms with van der Waals surface area (Å²) >= 11 is 3.05. The topological polar surface area (TPSA) is 52.4 Å². The Bertz CT molecular complexity index is 275. The van der Waals surface area contributed by atoms with Crippen LogP contribution in [0.1, 0.15) is 13.3 Å². The highest BCUT2D eigenvalue weighted by Crippen LogP contribution is 2.30. The van der Waals surface area contributed by atoms with Crippen LogP contribution in [0.4, 0.5) is 0 Å². The number of allylic oxidation sites excluding steroid dienone is 1. The van der Waals surface area contributed by atoms with Gasteiger partial charge >= 0.3 is 0 Å². The molecule has 0 aromatic carbocycles. The van der Waals surface area contributed by atoms with Gasteiger partial charge in [-0.2, -0.15) is 0 Å². The number of rotatable bonds is 3. The van der Waals surface area contributed by atoms with Gasteiger partial charge in [-0.15, -0.1) is 0 Å². The monoisotopic (exact) mass is 247 g/mol. The van der Waals surface area contributed by atoms with Crippen molar-refractivity contribution in [3.63, 3.8) is 0 Å². The fraction of sp³-hybridized carbons (Fsp3) is 0.500. The zero-order chi connectivity index (χ0) is 9.90. The summed E-state index contributed by atoms with van der Waals surface area (Å²) in [4.78, 5) is 10.2. The van der Waals surface area contributed by atoms with Crippen LogP contribution in [-0.4, -0.2) is 16.0 Å². The van der Waals surface area contributed by atoms with Gasteiger partial charge in [0.15, 0.2) is 0 Å². The first-order valence-electron chi connectivity index (χ1n) is 3.94. The molecule has 0 radical (unpaired) electrons. The smallest absolute Gasteiger partial charge is 0.296 e. The van der Waals surface area contributed by atoms with E-state index in [1.807, 2.05) is 6.92 Å². The maximum atomic E-state index is 10.6. The van der Waals surface area contributed by atoms with Crippen LogP contribution >= 0.6 is 15.9 Å². The Morgan fingerprint density at radius 2 is 2.54 bits per heavy atom. The van der Waals surface area contributed by atoms with E-state index in [0.29, 0.717) is 18.8 Å². The highest BCUT2D eigenvalue weighted by atomic mass is 79.9. The van der Waals surface area contributed by atoms with E-state index < -0.39 is 4.45 Å². The standard InChI is InChI=1S/C8H10BrNO3/c1-2-13-7-3-5-8(9,6-4-7)10(11)12/h3-5H,2,6H2,1H3. The number of halogens is 1. The Morgan fingerprint density at radius 1 is 1.85 bits per heavy atom. The SMILES string of the molecule is CCOC1=CCC(Br)([N+](=O)[O-])C=C1. The largest absolute Gasteiger partial charge is 0.494 e. The van der Waals surface area contributed by atoms with E-state index in [9.17, 15) is 10.1 Å². The van der Waals surface area contributed by atoms with Crippen LogP contribution in [0.25, 0.3) is 0 Å². The fourth-order valence-corrected chi connectivity index (χ4v) is 1.29. The van der Waals surface area contributed by atoms with Crippen molar-refractivity contribution in [1.29, 1.82) is 0 Å². The minimum atomic E-state index is -1.15. The van der Waals surface area contributed by atoms with Gasteiger partial charge < -0.3 is 4.74 Å². The Morgan fingerprint density at radius 3 is 2.92 bits per heavy atom. The van der Waals surface area contributed by atoms with Gasteiger partial charge in [0.2, 0.25) is 0 Å². The quantitative estimate of drug-likeness (QED) is 0.333. The second-order valence-electron chi connectivity index (χ2n) is 2.65. The van der Waals surface area contributed by atoms with E-state index in [4.69, 9.17) is 4.74 Å². The highest BCUT2D eigenvalue weighted by Gasteiger charge is 2.37. The molecule has 0 aliphatic heterocycles. The molecule has 13 heavy (non-hydrogen) atoms. The summed E-state index contributed by atoms with van der Waals surface area (Å²) in [6.07, 6.45) is 5.13. The van der Waals surface area contributed by atoms with E-state index in [1.165, 1.54) is 6.08 Å². The lowest BCUT2D eigenvalue weighted by atomic mass is 10.1. The van der Waals surface area contributed by atoms with Crippen LogP contribution in [-0.2, 0) is 4.74 Å². The second kappa shape index (κ2) is 3.91. The molecule has 0 saturated carbocycles. The van der Waals surface area contributed by atoms with E-state index in [1.54, 1.807) is 12.2 Å². The number of alkyl halides is 1. The predicted molar refractivity (Wildman–Crippen MR) is 52.1 cm³/mol. The van der Waals surface area contributed by atoms with Gasteiger partial charge in [0.1, 0.15) is 5.76 Å². The molecule has 1 atom stereocenters. The molecule has 1 aliphatic rings. The zero-order valence-corrected chi connectivity index (χ0v) is 8.78. The lowest BCUT2D eigenvalue weighted by Gasteiger charge is -2.17. The number of hydrogen-bond donors (Lipinski definition) is 0. The molecule has 0 spiro atoms. The van der Waals surface area contributed by atoms with Crippen LogP contribution < -0.4 is 0 Å². The van der Waals surface area contributed by atoms with Gasteiger partial charge in [0.05, 0.1) is 13.0 Å². The third-order valence-electron chi connectivity index (χ3n) is 1.71. The van der Waals surface area contributed by atoms with Crippen LogP contribution in [0, 0.1) is 10.1 Å². The van der Waals surface area contributed by atoms with Gasteiger partial charge in [0, 0.05) is 26.9 Å². The molecule has 4 nitrogen and oxygen atoms in total. The molecule has 0 bridgehead atoms. The summed E-state index contributed by atoms with van der Waals surface area (Å²) in [6.45, 7) is 2.45. The molecule has 0 amide bonds. The third kappa shape index (κ3) is 2.30.